The molecule has 0 atom stereocenters. The minimum absolute atomic E-state index is 0.138. The van der Waals surface area contributed by atoms with Crippen molar-refractivity contribution in [1.82, 2.24) is 0 Å². The fourth-order valence-electron chi connectivity index (χ4n) is 1.89. The summed E-state index contributed by atoms with van der Waals surface area (Å²) in [6, 6.07) is 0. The molecule has 2 aliphatic rings. The monoisotopic (exact) mass is 328 g/mol. The van der Waals surface area contributed by atoms with Crippen molar-refractivity contribution >= 4 is 38.5 Å². The van der Waals surface area contributed by atoms with Crippen LogP contribution in [0.25, 0.3) is 0 Å². The van der Waals surface area contributed by atoms with Crippen LogP contribution < -0.4 is 0 Å². The van der Waals surface area contributed by atoms with Crippen LogP contribution in [0, 0.1) is 0 Å². The maximum absolute atomic E-state index is 5.80. The fourth-order valence-corrected chi connectivity index (χ4v) is 3.21. The summed E-state index contributed by atoms with van der Waals surface area (Å²) in [6.45, 7) is 0.790. The van der Waals surface area contributed by atoms with Gasteiger partial charge in [0.15, 0.2) is 0 Å². The summed E-state index contributed by atoms with van der Waals surface area (Å²) in [4.78, 5) is 0. The normalized spacial score (nSPS) is 28.9. The average molecular weight is 329 g/mol. The van der Waals surface area contributed by atoms with Crippen LogP contribution in [-0.2, 0) is 4.74 Å². The molecule has 1 saturated carbocycles. The average Bonchev–Trinajstić information content (AvgIpc) is 2.56. The lowest BCUT2D eigenvalue weighted by Crippen LogP contribution is -2.24. The van der Waals surface area contributed by atoms with Crippen molar-refractivity contribution in [2.75, 3.05) is 6.61 Å². The van der Waals surface area contributed by atoms with Gasteiger partial charge >= 0.3 is 0 Å². The smallest absolute Gasteiger partial charge is 0.100 e. The molecule has 0 aromatic carbocycles. The van der Waals surface area contributed by atoms with Crippen molar-refractivity contribution in [3.63, 3.8) is 0 Å². The Kier molecular flexibility index (Phi) is 2.32. The summed E-state index contributed by atoms with van der Waals surface area (Å²) in [5, 5.41) is 0. The van der Waals surface area contributed by atoms with E-state index in [4.69, 9.17) is 4.74 Å². The van der Waals surface area contributed by atoms with Crippen LogP contribution in [0.3, 0.4) is 0 Å². The topological polar surface area (TPSA) is 9.23 Å². The zero-order valence-corrected chi connectivity index (χ0v) is 9.94. The minimum atomic E-state index is 0.138. The van der Waals surface area contributed by atoms with E-state index < -0.39 is 0 Å². The molecule has 0 N–H and O–H groups in total. The molecular formula is C8H10BrIO. The molecule has 1 aliphatic heterocycles. The fraction of sp³-hybridized carbons (Fsp3) is 0.750. The van der Waals surface area contributed by atoms with E-state index in [9.17, 15) is 0 Å². The Labute approximate surface area is 88.8 Å². The molecule has 11 heavy (non-hydrogen) atoms. The van der Waals surface area contributed by atoms with Crippen LogP contribution in [-0.4, -0.2) is 12.2 Å². The summed E-state index contributed by atoms with van der Waals surface area (Å²) >= 11 is 5.96. The van der Waals surface area contributed by atoms with Crippen molar-refractivity contribution < 1.29 is 4.74 Å². The van der Waals surface area contributed by atoms with E-state index in [0.717, 1.165) is 6.61 Å². The molecule has 0 radical (unpaired) electrons. The molecule has 2 rings (SSSR count). The summed E-state index contributed by atoms with van der Waals surface area (Å²) in [5.74, 6) is 0. The Morgan fingerprint density at radius 3 is 2.45 bits per heavy atom. The SMILES string of the molecule is BrC1=C(I)C2(CCCC2)OC1. The van der Waals surface area contributed by atoms with Gasteiger partial charge in [0.05, 0.1) is 6.61 Å². The molecule has 0 aromatic heterocycles. The molecule has 0 amide bonds. The van der Waals surface area contributed by atoms with Gasteiger partial charge in [-0.25, -0.2) is 0 Å². The van der Waals surface area contributed by atoms with Gasteiger partial charge in [-0.05, 0) is 35.4 Å². The molecular weight excluding hydrogens is 319 g/mol. The van der Waals surface area contributed by atoms with Crippen LogP contribution in [0.4, 0.5) is 0 Å². The molecule has 1 heterocycles. The highest BCUT2D eigenvalue weighted by molar-refractivity contribution is 14.1. The van der Waals surface area contributed by atoms with E-state index in [1.54, 1.807) is 0 Å². The second-order valence-corrected chi connectivity index (χ2v) is 5.24. The first-order valence-electron chi connectivity index (χ1n) is 3.93. The van der Waals surface area contributed by atoms with Crippen LogP contribution >= 0.6 is 38.5 Å². The van der Waals surface area contributed by atoms with Gasteiger partial charge in [0.25, 0.3) is 0 Å². The molecule has 3 heteroatoms. The second-order valence-electron chi connectivity index (χ2n) is 3.21. The Balaban J connectivity index is 2.27. The van der Waals surface area contributed by atoms with Gasteiger partial charge in [0.2, 0.25) is 0 Å². The summed E-state index contributed by atoms with van der Waals surface area (Å²) in [5.41, 5.74) is 0.138. The van der Waals surface area contributed by atoms with E-state index in [1.165, 1.54) is 33.7 Å². The number of halogens is 2. The predicted octanol–water partition coefficient (Wildman–Crippen LogP) is 3.37. The maximum Gasteiger partial charge on any atom is 0.100 e. The first kappa shape index (κ1) is 8.51. The Hall–Kier alpha value is 0.910. The predicted molar refractivity (Wildman–Crippen MR) is 57.1 cm³/mol. The molecule has 1 nitrogen and oxygen atoms in total. The van der Waals surface area contributed by atoms with Gasteiger partial charge in [-0.2, -0.15) is 0 Å². The number of rotatable bonds is 0. The highest BCUT2D eigenvalue weighted by atomic mass is 127. The zero-order chi connectivity index (χ0) is 7.90. The van der Waals surface area contributed by atoms with Gasteiger partial charge in [-0.3, -0.25) is 0 Å². The molecule has 0 saturated heterocycles. The van der Waals surface area contributed by atoms with Crippen molar-refractivity contribution in [2.45, 2.75) is 31.3 Å². The number of hydrogen-bond donors (Lipinski definition) is 0. The third kappa shape index (κ3) is 1.29. The molecule has 1 aliphatic carbocycles. The standard InChI is InChI=1S/C8H10BrIO/c9-6-5-11-8(7(6)10)3-1-2-4-8/h1-5H2. The maximum atomic E-state index is 5.80. The summed E-state index contributed by atoms with van der Waals surface area (Å²) in [7, 11) is 0. The lowest BCUT2D eigenvalue weighted by Gasteiger charge is -2.22. The van der Waals surface area contributed by atoms with Gasteiger partial charge in [0.1, 0.15) is 5.60 Å². The van der Waals surface area contributed by atoms with E-state index >= 15 is 0 Å². The minimum Gasteiger partial charge on any atom is -0.365 e. The largest absolute Gasteiger partial charge is 0.365 e. The quantitative estimate of drug-likeness (QED) is 0.619. The third-order valence-corrected chi connectivity index (χ3v) is 5.53. The third-order valence-electron chi connectivity index (χ3n) is 2.52. The highest BCUT2D eigenvalue weighted by Gasteiger charge is 2.42. The van der Waals surface area contributed by atoms with Crippen LogP contribution in [0.5, 0.6) is 0 Å². The van der Waals surface area contributed by atoms with Gasteiger partial charge < -0.3 is 4.74 Å². The summed E-state index contributed by atoms with van der Waals surface area (Å²) in [6.07, 6.45) is 5.10. The van der Waals surface area contributed by atoms with E-state index in [0.29, 0.717) is 0 Å². The first-order chi connectivity index (χ1) is 5.25. The van der Waals surface area contributed by atoms with Gasteiger partial charge in [-0.1, -0.05) is 28.8 Å². The molecule has 0 bridgehead atoms. The Morgan fingerprint density at radius 2 is 2.00 bits per heavy atom. The number of hydrogen-bond acceptors (Lipinski definition) is 1. The van der Waals surface area contributed by atoms with E-state index in [-0.39, 0.29) is 5.60 Å². The van der Waals surface area contributed by atoms with Gasteiger partial charge in [-0.15, -0.1) is 0 Å². The number of ether oxygens (including phenoxy) is 1. The molecule has 0 unspecified atom stereocenters. The van der Waals surface area contributed by atoms with Crippen LogP contribution in [0.15, 0.2) is 8.06 Å². The van der Waals surface area contributed by atoms with E-state index in [2.05, 4.69) is 38.5 Å². The van der Waals surface area contributed by atoms with Crippen LogP contribution in [0.1, 0.15) is 25.7 Å². The molecule has 0 aromatic rings. The molecule has 1 fully saturated rings. The first-order valence-corrected chi connectivity index (χ1v) is 5.80. The second kappa shape index (κ2) is 3.00. The molecule has 1 spiro atoms. The lowest BCUT2D eigenvalue weighted by atomic mass is 10.0. The van der Waals surface area contributed by atoms with Gasteiger partial charge in [0, 0.05) is 8.06 Å². The Morgan fingerprint density at radius 1 is 1.36 bits per heavy atom. The van der Waals surface area contributed by atoms with Crippen LogP contribution in [0.2, 0.25) is 0 Å². The summed E-state index contributed by atoms with van der Waals surface area (Å²) < 4.78 is 8.47. The van der Waals surface area contributed by atoms with Crippen molar-refractivity contribution in [2.24, 2.45) is 0 Å². The Bertz CT molecular complexity index is 206. The van der Waals surface area contributed by atoms with E-state index in [1.807, 2.05) is 0 Å². The molecule has 62 valence electrons. The van der Waals surface area contributed by atoms with Crippen molar-refractivity contribution in [3.8, 4) is 0 Å². The lowest BCUT2D eigenvalue weighted by molar-refractivity contribution is 0.0306. The highest BCUT2D eigenvalue weighted by Crippen LogP contribution is 2.48. The zero-order valence-electron chi connectivity index (χ0n) is 6.20. The van der Waals surface area contributed by atoms with Crippen molar-refractivity contribution in [3.05, 3.63) is 8.06 Å². The van der Waals surface area contributed by atoms with Crippen molar-refractivity contribution in [1.29, 1.82) is 0 Å².